The van der Waals surface area contributed by atoms with E-state index in [1.54, 1.807) is 6.92 Å². The lowest BCUT2D eigenvalue weighted by Crippen LogP contribution is -2.11. The van der Waals surface area contributed by atoms with E-state index in [1.807, 2.05) is 0 Å². The third kappa shape index (κ3) is 2.99. The highest BCUT2D eigenvalue weighted by Gasteiger charge is 2.21. The fourth-order valence-electron chi connectivity index (χ4n) is 1.46. The predicted octanol–water partition coefficient (Wildman–Crippen LogP) is 2.15. The van der Waals surface area contributed by atoms with Crippen LogP contribution in [0.5, 0.6) is 0 Å². The first-order chi connectivity index (χ1) is 7.97. The lowest BCUT2D eigenvalue weighted by Gasteiger charge is -2.07. The number of nitro groups is 1. The van der Waals surface area contributed by atoms with Crippen LogP contribution in [0.15, 0.2) is 12.1 Å². The van der Waals surface area contributed by atoms with Crippen molar-refractivity contribution >= 4 is 11.7 Å². The largest absolute Gasteiger partial charge is 0.466 e. The maximum absolute atomic E-state index is 13.3. The van der Waals surface area contributed by atoms with Gasteiger partial charge in [-0.3, -0.25) is 14.9 Å². The van der Waals surface area contributed by atoms with Gasteiger partial charge in [-0.1, -0.05) is 0 Å². The molecule has 92 valence electrons. The van der Waals surface area contributed by atoms with Crippen molar-refractivity contribution in [3.8, 4) is 0 Å². The number of halogens is 1. The lowest BCUT2D eigenvalue weighted by atomic mass is 10.0. The number of nitro benzene ring substituents is 1. The highest BCUT2D eigenvalue weighted by molar-refractivity contribution is 5.75. The molecule has 1 aromatic carbocycles. The molecule has 1 rings (SSSR count). The summed E-state index contributed by atoms with van der Waals surface area (Å²) in [7, 11) is 0. The Labute approximate surface area is 97.3 Å². The third-order valence-electron chi connectivity index (χ3n) is 2.33. The van der Waals surface area contributed by atoms with Gasteiger partial charge in [-0.25, -0.2) is 4.39 Å². The van der Waals surface area contributed by atoms with E-state index >= 15 is 0 Å². The van der Waals surface area contributed by atoms with E-state index in [-0.39, 0.29) is 29.8 Å². The van der Waals surface area contributed by atoms with E-state index in [0.717, 1.165) is 12.1 Å². The highest BCUT2D eigenvalue weighted by atomic mass is 19.1. The summed E-state index contributed by atoms with van der Waals surface area (Å²) in [4.78, 5) is 21.4. The number of carbonyl (C=O) groups excluding carboxylic acids is 1. The Kier molecular flexibility index (Phi) is 4.14. The maximum atomic E-state index is 13.3. The molecule has 6 heteroatoms. The number of rotatable bonds is 4. The van der Waals surface area contributed by atoms with Crippen LogP contribution in [0.4, 0.5) is 10.1 Å². The van der Waals surface area contributed by atoms with Gasteiger partial charge in [0.05, 0.1) is 18.0 Å². The average molecular weight is 241 g/mol. The second-order valence-corrected chi connectivity index (χ2v) is 3.41. The molecule has 0 aliphatic carbocycles. The second kappa shape index (κ2) is 5.38. The summed E-state index contributed by atoms with van der Waals surface area (Å²) in [6, 6.07) is 2.07. The molecule has 0 heterocycles. The topological polar surface area (TPSA) is 69.4 Å². The molecule has 0 aliphatic heterocycles. The van der Waals surface area contributed by atoms with Gasteiger partial charge >= 0.3 is 5.97 Å². The van der Waals surface area contributed by atoms with Crippen molar-refractivity contribution in [1.82, 2.24) is 0 Å². The van der Waals surface area contributed by atoms with Crippen LogP contribution in [-0.2, 0) is 16.0 Å². The molecular weight excluding hydrogens is 229 g/mol. The molecule has 0 amide bonds. The zero-order valence-corrected chi connectivity index (χ0v) is 9.53. The molecule has 0 atom stereocenters. The Balaban J connectivity index is 3.14. The van der Waals surface area contributed by atoms with E-state index < -0.39 is 16.7 Å². The van der Waals surface area contributed by atoms with Crippen LogP contribution in [0.25, 0.3) is 0 Å². The fourth-order valence-corrected chi connectivity index (χ4v) is 1.46. The molecule has 0 aromatic heterocycles. The van der Waals surface area contributed by atoms with Crippen molar-refractivity contribution in [3.05, 3.63) is 39.2 Å². The summed E-state index contributed by atoms with van der Waals surface area (Å²) in [5, 5.41) is 10.8. The number of benzene rings is 1. The van der Waals surface area contributed by atoms with Crippen LogP contribution in [0, 0.1) is 22.9 Å². The molecule has 17 heavy (non-hydrogen) atoms. The molecule has 5 nitrogen and oxygen atoms in total. The van der Waals surface area contributed by atoms with Crippen LogP contribution >= 0.6 is 0 Å². The first kappa shape index (κ1) is 13.1. The van der Waals surface area contributed by atoms with Crippen LogP contribution in [-0.4, -0.2) is 17.5 Å². The number of hydrogen-bond acceptors (Lipinski definition) is 4. The second-order valence-electron chi connectivity index (χ2n) is 3.41. The Hall–Kier alpha value is -1.98. The van der Waals surface area contributed by atoms with Crippen molar-refractivity contribution in [3.63, 3.8) is 0 Å². The van der Waals surface area contributed by atoms with E-state index in [9.17, 15) is 19.3 Å². The van der Waals surface area contributed by atoms with Gasteiger partial charge < -0.3 is 4.74 Å². The average Bonchev–Trinajstić information content (AvgIpc) is 2.25. The molecule has 1 aromatic rings. The van der Waals surface area contributed by atoms with Gasteiger partial charge in [-0.15, -0.1) is 0 Å². The van der Waals surface area contributed by atoms with Crippen molar-refractivity contribution in [2.75, 3.05) is 6.61 Å². The summed E-state index contributed by atoms with van der Waals surface area (Å²) in [6.07, 6.45) is -0.298. The fraction of sp³-hybridized carbons (Fsp3) is 0.364. The number of carbonyl (C=O) groups is 1. The van der Waals surface area contributed by atoms with Gasteiger partial charge in [0.1, 0.15) is 5.82 Å². The standard InChI is InChI=1S/C11H12FNO4/c1-3-17-11(14)6-8-7(2)9(12)4-5-10(8)13(15)16/h4-5H,3,6H2,1-2H3. The Morgan fingerprint density at radius 3 is 2.71 bits per heavy atom. The first-order valence-electron chi connectivity index (χ1n) is 5.05. The molecule has 0 radical (unpaired) electrons. The SMILES string of the molecule is CCOC(=O)Cc1c([N+](=O)[O-])ccc(F)c1C. The molecular formula is C11H12FNO4. The number of hydrogen-bond donors (Lipinski definition) is 0. The van der Waals surface area contributed by atoms with E-state index in [2.05, 4.69) is 0 Å². The lowest BCUT2D eigenvalue weighted by molar-refractivity contribution is -0.385. The minimum absolute atomic E-state index is 0.0634. The maximum Gasteiger partial charge on any atom is 0.310 e. The highest BCUT2D eigenvalue weighted by Crippen LogP contribution is 2.25. The van der Waals surface area contributed by atoms with Crippen LogP contribution < -0.4 is 0 Å². The van der Waals surface area contributed by atoms with Crippen LogP contribution in [0.3, 0.4) is 0 Å². The molecule has 0 unspecified atom stereocenters. The van der Waals surface area contributed by atoms with Gasteiger partial charge in [0.15, 0.2) is 0 Å². The zero-order chi connectivity index (χ0) is 13.0. The van der Waals surface area contributed by atoms with Gasteiger partial charge in [0.25, 0.3) is 5.69 Å². The van der Waals surface area contributed by atoms with Crippen molar-refractivity contribution in [2.45, 2.75) is 20.3 Å². The smallest absolute Gasteiger partial charge is 0.310 e. The molecule has 0 N–H and O–H groups in total. The summed E-state index contributed by atoms with van der Waals surface area (Å²) in [6.45, 7) is 3.21. The van der Waals surface area contributed by atoms with Crippen molar-refractivity contribution < 1.29 is 18.8 Å². The van der Waals surface area contributed by atoms with Crippen molar-refractivity contribution in [1.29, 1.82) is 0 Å². The Morgan fingerprint density at radius 2 is 2.18 bits per heavy atom. The van der Waals surface area contributed by atoms with Gasteiger partial charge in [0.2, 0.25) is 0 Å². The summed E-state index contributed by atoms with van der Waals surface area (Å²) in [5.41, 5.74) is -0.0994. The van der Waals surface area contributed by atoms with Gasteiger partial charge in [-0.05, 0) is 25.5 Å². The Morgan fingerprint density at radius 1 is 1.53 bits per heavy atom. The minimum Gasteiger partial charge on any atom is -0.466 e. The normalized spacial score (nSPS) is 10.1. The molecule has 0 bridgehead atoms. The molecule has 0 aliphatic rings. The number of nitrogens with zero attached hydrogens (tertiary/aromatic N) is 1. The van der Waals surface area contributed by atoms with E-state index in [4.69, 9.17) is 4.74 Å². The number of ether oxygens (including phenoxy) is 1. The third-order valence-corrected chi connectivity index (χ3v) is 2.33. The van der Waals surface area contributed by atoms with Gasteiger partial charge in [0, 0.05) is 11.6 Å². The Bertz CT molecular complexity index is 459. The van der Waals surface area contributed by atoms with Crippen molar-refractivity contribution in [2.24, 2.45) is 0 Å². The zero-order valence-electron chi connectivity index (χ0n) is 9.53. The first-order valence-corrected chi connectivity index (χ1v) is 5.05. The van der Waals surface area contributed by atoms with Crippen LogP contribution in [0.1, 0.15) is 18.1 Å². The molecule has 0 saturated heterocycles. The van der Waals surface area contributed by atoms with E-state index in [0.29, 0.717) is 0 Å². The molecule has 0 saturated carbocycles. The molecule has 0 spiro atoms. The summed E-state index contributed by atoms with van der Waals surface area (Å²) >= 11 is 0. The summed E-state index contributed by atoms with van der Waals surface area (Å²) < 4.78 is 18.0. The van der Waals surface area contributed by atoms with Crippen LogP contribution in [0.2, 0.25) is 0 Å². The monoisotopic (exact) mass is 241 g/mol. The summed E-state index contributed by atoms with van der Waals surface area (Å²) in [5.74, 6) is -1.18. The van der Waals surface area contributed by atoms with E-state index in [1.165, 1.54) is 6.92 Å². The molecule has 0 fully saturated rings. The quantitative estimate of drug-likeness (QED) is 0.460. The minimum atomic E-state index is -0.638. The predicted molar refractivity (Wildman–Crippen MR) is 58.1 cm³/mol. The van der Waals surface area contributed by atoms with Gasteiger partial charge in [-0.2, -0.15) is 0 Å². The number of esters is 1.